The minimum absolute atomic E-state index is 0.681. The van der Waals surface area contributed by atoms with Crippen molar-refractivity contribution in [2.75, 3.05) is 38.1 Å². The second kappa shape index (κ2) is 7.30. The van der Waals surface area contributed by atoms with Gasteiger partial charge in [0.25, 0.3) is 0 Å². The van der Waals surface area contributed by atoms with Gasteiger partial charge in [-0.05, 0) is 32.0 Å². The summed E-state index contributed by atoms with van der Waals surface area (Å²) >= 11 is 6.44. The van der Waals surface area contributed by atoms with Crippen molar-refractivity contribution < 1.29 is 0 Å². The molecule has 4 heteroatoms. The number of benzene rings is 1. The van der Waals surface area contributed by atoms with Crippen molar-refractivity contribution in [2.24, 2.45) is 0 Å². The molecule has 1 N–H and O–H groups in total. The quantitative estimate of drug-likeness (QED) is 0.901. The van der Waals surface area contributed by atoms with E-state index in [1.54, 1.807) is 0 Å². The smallest absolute Gasteiger partial charge is 0.0642 e. The van der Waals surface area contributed by atoms with Crippen LogP contribution in [-0.4, -0.2) is 44.2 Å². The van der Waals surface area contributed by atoms with Gasteiger partial charge in [-0.2, -0.15) is 0 Å². The van der Waals surface area contributed by atoms with Crippen LogP contribution >= 0.6 is 11.6 Å². The normalized spacial score (nSPS) is 18.3. The van der Waals surface area contributed by atoms with Crippen molar-refractivity contribution in [1.29, 1.82) is 0 Å². The lowest BCUT2D eigenvalue weighted by atomic mass is 10.1. The molecule has 0 saturated carbocycles. The molecule has 1 aromatic rings. The summed E-state index contributed by atoms with van der Waals surface area (Å²) in [5.41, 5.74) is 2.50. The third-order valence-corrected chi connectivity index (χ3v) is 4.59. The average molecular weight is 296 g/mol. The van der Waals surface area contributed by atoms with Gasteiger partial charge in [0.2, 0.25) is 0 Å². The number of nitrogens with zero attached hydrogens (tertiary/aromatic N) is 2. The van der Waals surface area contributed by atoms with Crippen molar-refractivity contribution >= 4 is 17.3 Å². The first kappa shape index (κ1) is 15.6. The fourth-order valence-electron chi connectivity index (χ4n) is 2.89. The van der Waals surface area contributed by atoms with Crippen LogP contribution in [0.4, 0.5) is 5.69 Å². The van der Waals surface area contributed by atoms with E-state index in [2.05, 4.69) is 35.0 Å². The molecule has 1 heterocycles. The molecule has 20 heavy (non-hydrogen) atoms. The highest BCUT2D eigenvalue weighted by atomic mass is 35.5. The van der Waals surface area contributed by atoms with Gasteiger partial charge in [-0.3, -0.25) is 4.90 Å². The van der Waals surface area contributed by atoms with Gasteiger partial charge in [-0.1, -0.05) is 30.7 Å². The monoisotopic (exact) mass is 295 g/mol. The zero-order chi connectivity index (χ0) is 14.5. The zero-order valence-electron chi connectivity index (χ0n) is 12.8. The summed E-state index contributed by atoms with van der Waals surface area (Å²) in [6, 6.07) is 6.88. The Kier molecular flexibility index (Phi) is 5.70. The number of hydrogen-bond donors (Lipinski definition) is 1. The van der Waals surface area contributed by atoms with E-state index in [0.717, 1.165) is 37.7 Å². The van der Waals surface area contributed by atoms with E-state index in [1.807, 2.05) is 19.2 Å². The first-order chi connectivity index (χ1) is 9.67. The maximum atomic E-state index is 6.44. The van der Waals surface area contributed by atoms with Gasteiger partial charge in [-0.25, -0.2) is 0 Å². The highest BCUT2D eigenvalue weighted by Crippen LogP contribution is 2.31. The summed E-state index contributed by atoms with van der Waals surface area (Å²) in [6.07, 6.45) is 1.22. The maximum absolute atomic E-state index is 6.44. The molecule has 1 aromatic carbocycles. The minimum Gasteiger partial charge on any atom is -0.367 e. The lowest BCUT2D eigenvalue weighted by Gasteiger charge is -2.40. The van der Waals surface area contributed by atoms with Crippen molar-refractivity contribution in [2.45, 2.75) is 32.9 Å². The fourth-order valence-corrected chi connectivity index (χ4v) is 3.21. The number of nitrogens with one attached hydrogen (secondary N) is 1. The molecule has 112 valence electrons. The van der Waals surface area contributed by atoms with Gasteiger partial charge in [0.15, 0.2) is 0 Å². The summed E-state index contributed by atoms with van der Waals surface area (Å²) in [4.78, 5) is 5.01. The van der Waals surface area contributed by atoms with Gasteiger partial charge in [-0.15, -0.1) is 0 Å². The molecular weight excluding hydrogens is 270 g/mol. The molecule has 1 unspecified atom stereocenters. The summed E-state index contributed by atoms with van der Waals surface area (Å²) < 4.78 is 0. The molecule has 0 aromatic heterocycles. The third kappa shape index (κ3) is 3.46. The van der Waals surface area contributed by atoms with E-state index in [-0.39, 0.29) is 0 Å². The van der Waals surface area contributed by atoms with Crippen LogP contribution in [0.5, 0.6) is 0 Å². The topological polar surface area (TPSA) is 18.5 Å². The summed E-state index contributed by atoms with van der Waals surface area (Å²) in [5.74, 6) is 0. The number of anilines is 1. The molecule has 1 atom stereocenters. The standard InChI is InChI=1S/C16H26ClN3/c1-4-13(2)19-8-10-20(11-9-19)16-14(12-18-3)6-5-7-15(16)17/h5-7,13,18H,4,8-12H2,1-3H3. The molecule has 0 radical (unpaired) electrons. The largest absolute Gasteiger partial charge is 0.367 e. The fraction of sp³-hybridized carbons (Fsp3) is 0.625. The Bertz CT molecular complexity index is 428. The lowest BCUT2D eigenvalue weighted by Crippen LogP contribution is -2.49. The Labute approximate surface area is 127 Å². The zero-order valence-corrected chi connectivity index (χ0v) is 13.6. The number of para-hydroxylation sites is 1. The first-order valence-corrected chi connectivity index (χ1v) is 7.96. The number of rotatable bonds is 5. The van der Waals surface area contributed by atoms with E-state index in [1.165, 1.54) is 17.7 Å². The Balaban J connectivity index is 2.10. The third-order valence-electron chi connectivity index (χ3n) is 4.28. The molecule has 1 aliphatic heterocycles. The van der Waals surface area contributed by atoms with E-state index in [0.29, 0.717) is 6.04 Å². The van der Waals surface area contributed by atoms with Crippen LogP contribution in [-0.2, 0) is 6.54 Å². The van der Waals surface area contributed by atoms with Crippen LogP contribution in [0.1, 0.15) is 25.8 Å². The predicted molar refractivity (Wildman–Crippen MR) is 87.8 cm³/mol. The molecule has 0 amide bonds. The Morgan fingerprint density at radius 3 is 2.55 bits per heavy atom. The summed E-state index contributed by atoms with van der Waals surface area (Å²) in [5, 5.41) is 4.10. The highest BCUT2D eigenvalue weighted by molar-refractivity contribution is 6.33. The van der Waals surface area contributed by atoms with E-state index >= 15 is 0 Å². The summed E-state index contributed by atoms with van der Waals surface area (Å²) in [7, 11) is 1.98. The molecule has 1 fully saturated rings. The molecular formula is C16H26ClN3. The Morgan fingerprint density at radius 2 is 1.95 bits per heavy atom. The SMILES string of the molecule is CCC(C)N1CCN(c2c(Cl)cccc2CNC)CC1. The van der Waals surface area contributed by atoms with Gasteiger partial charge in [0.1, 0.15) is 0 Å². The van der Waals surface area contributed by atoms with Gasteiger partial charge >= 0.3 is 0 Å². The van der Waals surface area contributed by atoms with Crippen molar-refractivity contribution in [1.82, 2.24) is 10.2 Å². The summed E-state index contributed by atoms with van der Waals surface area (Å²) in [6.45, 7) is 9.81. The van der Waals surface area contributed by atoms with E-state index in [9.17, 15) is 0 Å². The first-order valence-electron chi connectivity index (χ1n) is 7.58. The van der Waals surface area contributed by atoms with Crippen LogP contribution in [0.3, 0.4) is 0 Å². The van der Waals surface area contributed by atoms with Gasteiger partial charge < -0.3 is 10.2 Å². The number of piperazine rings is 1. The molecule has 0 aliphatic carbocycles. The highest BCUT2D eigenvalue weighted by Gasteiger charge is 2.22. The van der Waals surface area contributed by atoms with Gasteiger partial charge in [0, 0.05) is 38.8 Å². The van der Waals surface area contributed by atoms with Crippen LogP contribution in [0, 0.1) is 0 Å². The second-order valence-electron chi connectivity index (χ2n) is 5.56. The Hall–Kier alpha value is -0.770. The maximum Gasteiger partial charge on any atom is 0.0642 e. The number of hydrogen-bond acceptors (Lipinski definition) is 3. The average Bonchev–Trinajstić information content (AvgIpc) is 2.47. The minimum atomic E-state index is 0.681. The van der Waals surface area contributed by atoms with Gasteiger partial charge in [0.05, 0.1) is 10.7 Å². The van der Waals surface area contributed by atoms with E-state index < -0.39 is 0 Å². The van der Waals surface area contributed by atoms with Crippen molar-refractivity contribution in [3.8, 4) is 0 Å². The molecule has 3 nitrogen and oxygen atoms in total. The molecule has 0 bridgehead atoms. The van der Waals surface area contributed by atoms with Crippen LogP contribution < -0.4 is 10.2 Å². The van der Waals surface area contributed by atoms with Crippen LogP contribution in [0.2, 0.25) is 5.02 Å². The van der Waals surface area contributed by atoms with Crippen molar-refractivity contribution in [3.05, 3.63) is 28.8 Å². The molecule has 0 spiro atoms. The Morgan fingerprint density at radius 1 is 1.25 bits per heavy atom. The van der Waals surface area contributed by atoms with Crippen LogP contribution in [0.25, 0.3) is 0 Å². The molecule has 1 aliphatic rings. The van der Waals surface area contributed by atoms with E-state index in [4.69, 9.17) is 11.6 Å². The molecule has 1 saturated heterocycles. The van der Waals surface area contributed by atoms with Crippen molar-refractivity contribution in [3.63, 3.8) is 0 Å². The molecule has 2 rings (SSSR count). The van der Waals surface area contributed by atoms with Crippen LogP contribution in [0.15, 0.2) is 18.2 Å². The number of halogens is 1. The second-order valence-corrected chi connectivity index (χ2v) is 5.97. The predicted octanol–water partition coefficient (Wildman–Crippen LogP) is 2.98. The lowest BCUT2D eigenvalue weighted by molar-refractivity contribution is 0.192.